The summed E-state index contributed by atoms with van der Waals surface area (Å²) in [6.07, 6.45) is 0. The van der Waals surface area contributed by atoms with E-state index in [4.69, 9.17) is 25.8 Å². The molecule has 2 rings (SSSR count). The number of rotatable bonds is 5. The summed E-state index contributed by atoms with van der Waals surface area (Å²) in [6, 6.07) is 2.98. The van der Waals surface area contributed by atoms with Crippen LogP contribution < -0.4 is 9.47 Å². The van der Waals surface area contributed by atoms with Crippen molar-refractivity contribution in [2.24, 2.45) is 0 Å². The van der Waals surface area contributed by atoms with Crippen molar-refractivity contribution in [1.82, 2.24) is 4.31 Å². The summed E-state index contributed by atoms with van der Waals surface area (Å²) in [5.41, 5.74) is 0.574. The zero-order chi connectivity index (χ0) is 15.5. The molecular formula is C13H18ClNO5S. The van der Waals surface area contributed by atoms with Crippen LogP contribution in [0, 0.1) is 0 Å². The first kappa shape index (κ1) is 16.4. The van der Waals surface area contributed by atoms with Gasteiger partial charge in [-0.2, -0.15) is 4.31 Å². The van der Waals surface area contributed by atoms with Gasteiger partial charge in [0.05, 0.1) is 38.2 Å². The van der Waals surface area contributed by atoms with Crippen molar-refractivity contribution in [2.45, 2.75) is 10.8 Å². The molecule has 0 amide bonds. The quantitative estimate of drug-likeness (QED) is 0.762. The van der Waals surface area contributed by atoms with Crippen LogP contribution in [0.3, 0.4) is 0 Å². The summed E-state index contributed by atoms with van der Waals surface area (Å²) >= 11 is 5.88. The number of methoxy groups -OCH3 is 2. The molecule has 1 aromatic rings. The van der Waals surface area contributed by atoms with Crippen LogP contribution in [0.15, 0.2) is 17.0 Å². The van der Waals surface area contributed by atoms with Crippen LogP contribution >= 0.6 is 11.6 Å². The molecule has 0 spiro atoms. The lowest BCUT2D eigenvalue weighted by molar-refractivity contribution is 0.0730. The molecule has 1 aliphatic rings. The predicted molar refractivity (Wildman–Crippen MR) is 78.7 cm³/mol. The lowest BCUT2D eigenvalue weighted by Gasteiger charge is -2.26. The molecule has 0 N–H and O–H groups in total. The molecule has 6 nitrogen and oxygen atoms in total. The summed E-state index contributed by atoms with van der Waals surface area (Å²) in [5, 5.41) is 0. The van der Waals surface area contributed by atoms with Gasteiger partial charge in [-0.1, -0.05) is 0 Å². The third kappa shape index (κ3) is 3.26. The molecule has 0 atom stereocenters. The Kier molecular flexibility index (Phi) is 5.32. The van der Waals surface area contributed by atoms with Crippen molar-refractivity contribution in [3.05, 3.63) is 17.7 Å². The second-order valence-electron chi connectivity index (χ2n) is 4.47. The SMILES string of the molecule is COc1cc(S(=O)(=O)N2CCOCC2)cc(CCl)c1OC. The monoisotopic (exact) mass is 335 g/mol. The number of ether oxygens (including phenoxy) is 3. The van der Waals surface area contributed by atoms with E-state index >= 15 is 0 Å². The van der Waals surface area contributed by atoms with Crippen LogP contribution in [0.2, 0.25) is 0 Å². The number of sulfonamides is 1. The first-order chi connectivity index (χ1) is 10.0. The average molecular weight is 336 g/mol. The van der Waals surface area contributed by atoms with Gasteiger partial charge in [-0.15, -0.1) is 11.6 Å². The Morgan fingerprint density at radius 2 is 1.90 bits per heavy atom. The van der Waals surface area contributed by atoms with E-state index in [-0.39, 0.29) is 10.8 Å². The van der Waals surface area contributed by atoms with Gasteiger partial charge < -0.3 is 14.2 Å². The molecule has 0 bridgehead atoms. The minimum Gasteiger partial charge on any atom is -0.493 e. The van der Waals surface area contributed by atoms with Gasteiger partial charge in [-0.25, -0.2) is 8.42 Å². The van der Waals surface area contributed by atoms with E-state index in [1.807, 2.05) is 0 Å². The van der Waals surface area contributed by atoms with Crippen LogP contribution in [0.25, 0.3) is 0 Å². The molecule has 1 heterocycles. The highest BCUT2D eigenvalue weighted by molar-refractivity contribution is 7.89. The topological polar surface area (TPSA) is 65.1 Å². The highest BCUT2D eigenvalue weighted by atomic mass is 35.5. The van der Waals surface area contributed by atoms with Gasteiger partial charge in [-0.3, -0.25) is 0 Å². The lowest BCUT2D eigenvalue weighted by Crippen LogP contribution is -2.40. The van der Waals surface area contributed by atoms with Gasteiger partial charge in [0.1, 0.15) is 0 Å². The molecule has 0 unspecified atom stereocenters. The first-order valence-corrected chi connectivity index (χ1v) is 8.40. The van der Waals surface area contributed by atoms with Crippen LogP contribution in [0.4, 0.5) is 0 Å². The van der Waals surface area contributed by atoms with Crippen molar-refractivity contribution in [1.29, 1.82) is 0 Å². The fourth-order valence-electron chi connectivity index (χ4n) is 2.20. The highest BCUT2D eigenvalue weighted by Crippen LogP contribution is 2.35. The maximum Gasteiger partial charge on any atom is 0.243 e. The van der Waals surface area contributed by atoms with E-state index in [1.165, 1.54) is 30.7 Å². The maximum absolute atomic E-state index is 12.7. The molecular weight excluding hydrogens is 318 g/mol. The Morgan fingerprint density at radius 3 is 2.43 bits per heavy atom. The number of hydrogen-bond acceptors (Lipinski definition) is 5. The van der Waals surface area contributed by atoms with Crippen LogP contribution in [-0.4, -0.2) is 53.2 Å². The number of nitrogens with zero attached hydrogens (tertiary/aromatic N) is 1. The van der Waals surface area contributed by atoms with Crippen LogP contribution in [0.1, 0.15) is 5.56 Å². The largest absolute Gasteiger partial charge is 0.493 e. The van der Waals surface area contributed by atoms with Crippen LogP contribution in [-0.2, 0) is 20.6 Å². The molecule has 1 aliphatic heterocycles. The Hall–Kier alpha value is -1.02. The maximum atomic E-state index is 12.7. The van der Waals surface area contributed by atoms with Gasteiger partial charge >= 0.3 is 0 Å². The molecule has 21 heavy (non-hydrogen) atoms. The molecule has 0 aliphatic carbocycles. The normalized spacial score (nSPS) is 16.7. The van der Waals surface area contributed by atoms with E-state index in [1.54, 1.807) is 0 Å². The second-order valence-corrected chi connectivity index (χ2v) is 6.67. The van der Waals surface area contributed by atoms with E-state index in [0.717, 1.165) is 0 Å². The third-order valence-corrected chi connectivity index (χ3v) is 5.45. The standard InChI is InChI=1S/C13H18ClNO5S/c1-18-12-8-11(7-10(9-14)13(12)19-2)21(16,17)15-3-5-20-6-4-15/h7-8H,3-6,9H2,1-2H3. The number of hydrogen-bond donors (Lipinski definition) is 0. The van der Waals surface area contributed by atoms with Crippen molar-refractivity contribution in [3.8, 4) is 11.5 Å². The Bertz CT molecular complexity index is 574. The van der Waals surface area contributed by atoms with Crippen molar-refractivity contribution in [3.63, 3.8) is 0 Å². The van der Waals surface area contributed by atoms with Crippen molar-refractivity contribution in [2.75, 3.05) is 40.5 Å². The predicted octanol–water partition coefficient (Wildman–Crippen LogP) is 1.46. The van der Waals surface area contributed by atoms with Crippen LogP contribution in [0.5, 0.6) is 11.5 Å². The summed E-state index contributed by atoms with van der Waals surface area (Å²) in [7, 11) is -0.644. The minimum absolute atomic E-state index is 0.131. The summed E-state index contributed by atoms with van der Waals surface area (Å²) < 4.78 is 42.3. The Labute approximate surface area is 129 Å². The zero-order valence-corrected chi connectivity index (χ0v) is 13.5. The molecule has 0 radical (unpaired) electrons. The first-order valence-electron chi connectivity index (χ1n) is 6.43. The summed E-state index contributed by atoms with van der Waals surface area (Å²) in [4.78, 5) is 0.151. The van der Waals surface area contributed by atoms with Gasteiger partial charge in [0.15, 0.2) is 11.5 Å². The summed E-state index contributed by atoms with van der Waals surface area (Å²) in [5.74, 6) is 0.933. The molecule has 1 fully saturated rings. The fraction of sp³-hybridized carbons (Fsp3) is 0.538. The van der Waals surface area contributed by atoms with Gasteiger partial charge in [0.2, 0.25) is 10.0 Å². The van der Waals surface area contributed by atoms with Gasteiger partial charge in [0.25, 0.3) is 0 Å². The lowest BCUT2D eigenvalue weighted by atomic mass is 10.2. The minimum atomic E-state index is -3.59. The molecule has 1 saturated heterocycles. The van der Waals surface area contributed by atoms with E-state index < -0.39 is 10.0 Å². The molecule has 1 aromatic carbocycles. The van der Waals surface area contributed by atoms with E-state index in [2.05, 4.69) is 0 Å². The Morgan fingerprint density at radius 1 is 1.24 bits per heavy atom. The number of alkyl halides is 1. The Balaban J connectivity index is 2.47. The number of halogens is 1. The highest BCUT2D eigenvalue weighted by Gasteiger charge is 2.28. The number of morpholine rings is 1. The van der Waals surface area contributed by atoms with Gasteiger partial charge in [0, 0.05) is 24.7 Å². The molecule has 0 aromatic heterocycles. The fourth-order valence-corrected chi connectivity index (χ4v) is 3.87. The zero-order valence-electron chi connectivity index (χ0n) is 12.0. The van der Waals surface area contributed by atoms with E-state index in [9.17, 15) is 8.42 Å². The third-order valence-electron chi connectivity index (χ3n) is 3.28. The second kappa shape index (κ2) is 6.83. The van der Waals surface area contributed by atoms with Crippen molar-refractivity contribution < 1.29 is 22.6 Å². The molecule has 8 heteroatoms. The summed E-state index contributed by atoms with van der Waals surface area (Å²) in [6.45, 7) is 1.48. The van der Waals surface area contributed by atoms with Crippen molar-refractivity contribution >= 4 is 21.6 Å². The van der Waals surface area contributed by atoms with Gasteiger partial charge in [-0.05, 0) is 6.07 Å². The molecule has 118 valence electrons. The molecule has 0 saturated carbocycles. The number of benzene rings is 1. The smallest absolute Gasteiger partial charge is 0.243 e. The van der Waals surface area contributed by atoms with E-state index in [0.29, 0.717) is 43.4 Å². The average Bonchev–Trinajstić information content (AvgIpc) is 2.54.